The lowest BCUT2D eigenvalue weighted by Crippen LogP contribution is -2.62. The standard InChI is InChI=1S/C35H48N4O6/c1-21(38(8)33(44)45-35(5,6)7)30(41)37-29(34(2,3)4)32(43)39-20-24-18-25(40)17-16-23(24)19-28(39)31(42)36-27-15-11-13-22-12-9-10-14-26(22)27/h9-10,12,14,16-18,21,27-29,40H,11,13,15,19-20H2,1-8H3,(H,36,42)(H,37,41)/t21?,27-,28+,29?/m1/s1. The molecule has 1 heterocycles. The largest absolute Gasteiger partial charge is 0.508 e. The Morgan fingerprint density at radius 1 is 1.00 bits per heavy atom. The van der Waals surface area contributed by atoms with Gasteiger partial charge in [0.2, 0.25) is 17.7 Å². The molecule has 0 saturated carbocycles. The Morgan fingerprint density at radius 2 is 1.69 bits per heavy atom. The molecule has 2 aromatic carbocycles. The van der Waals surface area contributed by atoms with Gasteiger partial charge in [-0.3, -0.25) is 19.3 Å². The van der Waals surface area contributed by atoms with E-state index in [-0.39, 0.29) is 30.7 Å². The summed E-state index contributed by atoms with van der Waals surface area (Å²) in [6.07, 6.45) is 2.33. The molecule has 4 atom stereocenters. The van der Waals surface area contributed by atoms with Crippen LogP contribution in [0.1, 0.15) is 89.6 Å². The number of fused-ring (bicyclic) bond motifs is 2. The number of phenols is 1. The Kier molecular flexibility index (Phi) is 9.85. The summed E-state index contributed by atoms with van der Waals surface area (Å²) in [5.41, 5.74) is 2.46. The predicted molar refractivity (Wildman–Crippen MR) is 171 cm³/mol. The number of benzene rings is 2. The molecule has 2 unspecified atom stereocenters. The number of amides is 4. The number of hydrogen-bond acceptors (Lipinski definition) is 6. The number of likely N-dealkylation sites (N-methyl/N-ethyl adjacent to an activating group) is 1. The Balaban J connectivity index is 1.61. The van der Waals surface area contributed by atoms with Crippen LogP contribution in [0.2, 0.25) is 0 Å². The molecule has 0 bridgehead atoms. The molecule has 0 radical (unpaired) electrons. The predicted octanol–water partition coefficient (Wildman–Crippen LogP) is 4.63. The van der Waals surface area contributed by atoms with Gasteiger partial charge in [0.05, 0.1) is 6.04 Å². The van der Waals surface area contributed by atoms with Crippen LogP contribution in [0.15, 0.2) is 42.5 Å². The first-order chi connectivity index (χ1) is 21.0. The molecule has 0 fully saturated rings. The molecule has 0 saturated heterocycles. The van der Waals surface area contributed by atoms with Crippen LogP contribution in [0.25, 0.3) is 0 Å². The van der Waals surface area contributed by atoms with Gasteiger partial charge >= 0.3 is 6.09 Å². The molecule has 0 aromatic heterocycles. The molecule has 4 rings (SSSR count). The maximum absolute atomic E-state index is 14.5. The smallest absolute Gasteiger partial charge is 0.410 e. The van der Waals surface area contributed by atoms with Crippen molar-refractivity contribution in [2.75, 3.05) is 7.05 Å². The summed E-state index contributed by atoms with van der Waals surface area (Å²) in [5.74, 6) is -1.13. The first kappa shape index (κ1) is 33.8. The van der Waals surface area contributed by atoms with Gasteiger partial charge in [0.15, 0.2) is 0 Å². The van der Waals surface area contributed by atoms with E-state index in [9.17, 15) is 24.3 Å². The van der Waals surface area contributed by atoms with Crippen LogP contribution >= 0.6 is 0 Å². The molecule has 2 aliphatic rings. The van der Waals surface area contributed by atoms with Crippen molar-refractivity contribution in [3.63, 3.8) is 0 Å². The number of ether oxygens (including phenoxy) is 1. The van der Waals surface area contributed by atoms with Crippen LogP contribution in [0.3, 0.4) is 0 Å². The summed E-state index contributed by atoms with van der Waals surface area (Å²) in [6.45, 7) is 12.4. The highest BCUT2D eigenvalue weighted by Crippen LogP contribution is 2.33. The third-order valence-electron chi connectivity index (χ3n) is 8.63. The van der Waals surface area contributed by atoms with Crippen molar-refractivity contribution in [2.24, 2.45) is 5.41 Å². The second-order valence-electron chi connectivity index (χ2n) is 14.4. The normalized spacial score (nSPS) is 19.3. The Labute approximate surface area is 266 Å². The van der Waals surface area contributed by atoms with Gasteiger partial charge in [0.1, 0.15) is 29.5 Å². The fourth-order valence-corrected chi connectivity index (χ4v) is 5.95. The van der Waals surface area contributed by atoms with Crippen molar-refractivity contribution >= 4 is 23.8 Å². The molecular formula is C35H48N4O6. The molecule has 45 heavy (non-hydrogen) atoms. The summed E-state index contributed by atoms with van der Waals surface area (Å²) in [5, 5.41) is 16.3. The monoisotopic (exact) mass is 620 g/mol. The van der Waals surface area contributed by atoms with Gasteiger partial charge in [-0.2, -0.15) is 0 Å². The molecule has 244 valence electrons. The van der Waals surface area contributed by atoms with Crippen molar-refractivity contribution < 1.29 is 29.0 Å². The summed E-state index contributed by atoms with van der Waals surface area (Å²) >= 11 is 0. The van der Waals surface area contributed by atoms with E-state index in [1.54, 1.807) is 45.9 Å². The molecule has 3 N–H and O–H groups in total. The average molecular weight is 621 g/mol. The van der Waals surface area contributed by atoms with Crippen LogP contribution < -0.4 is 10.6 Å². The number of phenolic OH excluding ortho intramolecular Hbond substituents is 1. The van der Waals surface area contributed by atoms with Crippen molar-refractivity contribution in [2.45, 2.75) is 110 Å². The average Bonchev–Trinajstić information content (AvgIpc) is 2.96. The van der Waals surface area contributed by atoms with E-state index in [1.807, 2.05) is 39.0 Å². The molecule has 1 aliphatic carbocycles. The molecule has 2 aromatic rings. The lowest BCUT2D eigenvalue weighted by molar-refractivity contribution is -0.147. The van der Waals surface area contributed by atoms with E-state index in [4.69, 9.17) is 4.74 Å². The number of carbonyl (C=O) groups excluding carboxylic acids is 4. The second-order valence-corrected chi connectivity index (χ2v) is 14.4. The van der Waals surface area contributed by atoms with E-state index in [2.05, 4.69) is 16.7 Å². The topological polar surface area (TPSA) is 128 Å². The summed E-state index contributed by atoms with van der Waals surface area (Å²) < 4.78 is 5.42. The van der Waals surface area contributed by atoms with Gasteiger partial charge in [-0.25, -0.2) is 4.79 Å². The Bertz CT molecular complexity index is 1440. The zero-order chi connectivity index (χ0) is 33.3. The molecular weight excluding hydrogens is 572 g/mol. The number of nitrogens with zero attached hydrogens (tertiary/aromatic N) is 2. The number of carbonyl (C=O) groups is 4. The van der Waals surface area contributed by atoms with E-state index in [0.29, 0.717) is 0 Å². The maximum atomic E-state index is 14.5. The number of nitrogens with one attached hydrogen (secondary N) is 2. The second kappa shape index (κ2) is 13.1. The quantitative estimate of drug-likeness (QED) is 0.432. The summed E-state index contributed by atoms with van der Waals surface area (Å²) in [7, 11) is 1.48. The lowest BCUT2D eigenvalue weighted by Gasteiger charge is -2.42. The molecule has 4 amide bonds. The number of hydrogen-bond donors (Lipinski definition) is 3. The van der Waals surface area contributed by atoms with Crippen LogP contribution in [0.5, 0.6) is 5.75 Å². The van der Waals surface area contributed by atoms with E-state index in [1.165, 1.54) is 22.4 Å². The van der Waals surface area contributed by atoms with Gasteiger partial charge in [-0.1, -0.05) is 51.1 Å². The SMILES string of the molecule is CC(C(=O)NC(C(=O)N1Cc2cc(O)ccc2C[C@H]1C(=O)N[C@@H]1CCCc2ccccc21)C(C)(C)C)N(C)C(=O)OC(C)(C)C. The Hall–Kier alpha value is -4.08. The minimum atomic E-state index is -1.01. The van der Waals surface area contributed by atoms with Crippen molar-refractivity contribution in [3.8, 4) is 5.75 Å². The highest BCUT2D eigenvalue weighted by Gasteiger charge is 2.43. The fourth-order valence-electron chi connectivity index (χ4n) is 5.95. The number of aromatic hydroxyl groups is 1. The fraction of sp³-hybridized carbons (Fsp3) is 0.543. The van der Waals surface area contributed by atoms with Crippen molar-refractivity contribution in [3.05, 3.63) is 64.7 Å². The highest BCUT2D eigenvalue weighted by molar-refractivity contribution is 5.94. The van der Waals surface area contributed by atoms with Crippen LogP contribution in [0, 0.1) is 5.41 Å². The summed E-state index contributed by atoms with van der Waals surface area (Å²) in [6, 6.07) is 10.2. The van der Waals surface area contributed by atoms with Gasteiger partial charge in [-0.15, -0.1) is 0 Å². The minimum absolute atomic E-state index is 0.0718. The van der Waals surface area contributed by atoms with Crippen LogP contribution in [0.4, 0.5) is 4.79 Å². The van der Waals surface area contributed by atoms with Crippen molar-refractivity contribution in [1.29, 1.82) is 0 Å². The minimum Gasteiger partial charge on any atom is -0.508 e. The van der Waals surface area contributed by atoms with Crippen LogP contribution in [-0.4, -0.2) is 69.5 Å². The zero-order valence-corrected chi connectivity index (χ0v) is 27.8. The Morgan fingerprint density at radius 3 is 2.36 bits per heavy atom. The van der Waals surface area contributed by atoms with E-state index in [0.717, 1.165) is 36.0 Å². The van der Waals surface area contributed by atoms with Gasteiger partial charge in [0, 0.05) is 20.0 Å². The number of rotatable bonds is 6. The summed E-state index contributed by atoms with van der Waals surface area (Å²) in [4.78, 5) is 57.4. The third kappa shape index (κ3) is 7.96. The highest BCUT2D eigenvalue weighted by atomic mass is 16.6. The van der Waals surface area contributed by atoms with E-state index < -0.39 is 47.0 Å². The molecule has 1 aliphatic heterocycles. The van der Waals surface area contributed by atoms with Gasteiger partial charge in [0.25, 0.3) is 0 Å². The molecule has 10 heteroatoms. The first-order valence-electron chi connectivity index (χ1n) is 15.7. The van der Waals surface area contributed by atoms with Crippen LogP contribution in [-0.2, 0) is 38.5 Å². The van der Waals surface area contributed by atoms with Gasteiger partial charge in [-0.05, 0) is 86.8 Å². The molecule has 0 spiro atoms. The lowest BCUT2D eigenvalue weighted by atomic mass is 9.83. The van der Waals surface area contributed by atoms with Gasteiger partial charge < -0.3 is 25.4 Å². The van der Waals surface area contributed by atoms with Crippen molar-refractivity contribution in [1.82, 2.24) is 20.4 Å². The molecule has 10 nitrogen and oxygen atoms in total. The third-order valence-corrected chi connectivity index (χ3v) is 8.63. The number of aryl methyl sites for hydroxylation is 1. The first-order valence-corrected chi connectivity index (χ1v) is 15.7. The maximum Gasteiger partial charge on any atom is 0.410 e. The zero-order valence-electron chi connectivity index (χ0n) is 27.8. The van der Waals surface area contributed by atoms with E-state index >= 15 is 0 Å².